The Morgan fingerprint density at radius 2 is 1.65 bits per heavy atom. The maximum absolute atomic E-state index is 13.8. The van der Waals surface area contributed by atoms with Gasteiger partial charge in [0.05, 0.1) is 38.2 Å². The lowest BCUT2D eigenvalue weighted by atomic mass is 9.86. The number of rotatable bonds is 13. The number of hydrogen-bond donors (Lipinski definition) is 4. The SMILES string of the molecule is COC(=O)N[C@H](C(=O)NN(Cc1ccc(-c2ccccn2)cc1)C[C@H](O)[C@H](Cc1ccccc1)NC(=O)OC1C2COC3OCC1C3C2)C(C)(C)C. The van der Waals surface area contributed by atoms with Crippen LogP contribution < -0.4 is 16.1 Å². The first-order valence-electron chi connectivity index (χ1n) is 17.8. The third-order valence-electron chi connectivity index (χ3n) is 10.1. The summed E-state index contributed by atoms with van der Waals surface area (Å²) in [7, 11) is 1.24. The van der Waals surface area contributed by atoms with Crippen LogP contribution in [-0.2, 0) is 36.7 Å². The van der Waals surface area contributed by atoms with Crippen LogP contribution in [0.2, 0.25) is 0 Å². The van der Waals surface area contributed by atoms with E-state index in [9.17, 15) is 19.5 Å². The van der Waals surface area contributed by atoms with E-state index in [0.717, 1.165) is 28.8 Å². The normalized spacial score (nSPS) is 23.7. The van der Waals surface area contributed by atoms with Crippen LogP contribution in [0.5, 0.6) is 0 Å². The highest BCUT2D eigenvalue weighted by atomic mass is 16.7. The molecule has 1 saturated carbocycles. The van der Waals surface area contributed by atoms with Crippen LogP contribution >= 0.6 is 0 Å². The van der Waals surface area contributed by atoms with Gasteiger partial charge in [-0.1, -0.05) is 81.4 Å². The van der Waals surface area contributed by atoms with Gasteiger partial charge in [-0.3, -0.25) is 15.2 Å². The number of hydrazine groups is 1. The second-order valence-corrected chi connectivity index (χ2v) is 14.9. The first-order valence-corrected chi connectivity index (χ1v) is 17.8. The fraction of sp³-hybridized carbons (Fsp3) is 0.487. The second-order valence-electron chi connectivity index (χ2n) is 14.9. The van der Waals surface area contributed by atoms with E-state index in [0.29, 0.717) is 19.6 Å². The Balaban J connectivity index is 1.21. The van der Waals surface area contributed by atoms with Crippen molar-refractivity contribution in [3.8, 4) is 11.3 Å². The van der Waals surface area contributed by atoms with Crippen LogP contribution in [0.25, 0.3) is 11.3 Å². The molecule has 2 bridgehead atoms. The summed E-state index contributed by atoms with van der Waals surface area (Å²) < 4.78 is 22.5. The number of nitrogens with one attached hydrogen (secondary N) is 3. The van der Waals surface area contributed by atoms with Crippen molar-refractivity contribution in [1.82, 2.24) is 26.1 Å². The van der Waals surface area contributed by atoms with Crippen molar-refractivity contribution in [2.45, 2.75) is 70.7 Å². The monoisotopic (exact) mass is 715 g/mol. The van der Waals surface area contributed by atoms with Crippen molar-refractivity contribution >= 4 is 18.1 Å². The highest BCUT2D eigenvalue weighted by Crippen LogP contribution is 2.49. The highest BCUT2D eigenvalue weighted by Gasteiger charge is 2.56. The molecule has 0 spiro atoms. The number of pyridine rings is 1. The Labute approximate surface area is 304 Å². The van der Waals surface area contributed by atoms with Gasteiger partial charge < -0.3 is 34.7 Å². The number of aliphatic hydroxyl groups excluding tert-OH is 1. The van der Waals surface area contributed by atoms with E-state index in [1.54, 1.807) is 11.2 Å². The largest absolute Gasteiger partial charge is 0.453 e. The predicted octanol–water partition coefficient (Wildman–Crippen LogP) is 4.06. The van der Waals surface area contributed by atoms with Crippen LogP contribution in [0.4, 0.5) is 9.59 Å². The first-order chi connectivity index (χ1) is 25.0. The molecular weight excluding hydrogens is 666 g/mol. The van der Waals surface area contributed by atoms with E-state index < -0.39 is 41.7 Å². The third kappa shape index (κ3) is 9.08. The van der Waals surface area contributed by atoms with E-state index in [1.165, 1.54) is 7.11 Å². The van der Waals surface area contributed by atoms with Crippen molar-refractivity contribution in [3.63, 3.8) is 0 Å². The zero-order valence-corrected chi connectivity index (χ0v) is 30.1. The Kier molecular flexibility index (Phi) is 11.7. The van der Waals surface area contributed by atoms with Gasteiger partial charge in [0, 0.05) is 42.6 Å². The van der Waals surface area contributed by atoms with E-state index in [2.05, 4.69) is 21.0 Å². The van der Waals surface area contributed by atoms with Crippen LogP contribution in [0.1, 0.15) is 38.3 Å². The standard InChI is InChI=1S/C39H49N5O8/c1-39(2,3)34(42-37(47)49-4)35(46)43-44(20-25-13-15-26(16-14-25)30-12-8-9-17-40-30)21-32(45)31(18-24-10-6-5-7-11-24)41-38(48)52-33-27-19-28-29(33)23-51-36(28)50-22-27/h5-17,27-29,31-34,36,45H,18-23H2,1-4H3,(H,41,48)(H,42,47)(H,43,46)/t27?,28?,29?,31-,32-,33?,34+,36?/m0/s1. The minimum absolute atomic E-state index is 0.0687. The number of carbonyl (C=O) groups is 3. The Morgan fingerprint density at radius 3 is 2.35 bits per heavy atom. The van der Waals surface area contributed by atoms with Gasteiger partial charge in [-0.2, -0.15) is 0 Å². The smallest absolute Gasteiger partial charge is 0.407 e. The third-order valence-corrected chi connectivity index (χ3v) is 10.1. The van der Waals surface area contributed by atoms with Crippen molar-refractivity contribution in [2.24, 2.45) is 23.2 Å². The molecule has 3 fully saturated rings. The van der Waals surface area contributed by atoms with Gasteiger partial charge in [-0.25, -0.2) is 14.6 Å². The lowest BCUT2D eigenvalue weighted by Gasteiger charge is -2.34. The molecule has 3 heterocycles. The van der Waals surface area contributed by atoms with Gasteiger partial charge in [-0.15, -0.1) is 0 Å². The number of nitrogens with zero attached hydrogens (tertiary/aromatic N) is 2. The maximum atomic E-state index is 13.8. The number of methoxy groups -OCH3 is 1. The topological polar surface area (TPSA) is 161 Å². The lowest BCUT2D eigenvalue weighted by molar-refractivity contribution is -0.169. The summed E-state index contributed by atoms with van der Waals surface area (Å²) in [6.45, 7) is 6.58. The maximum Gasteiger partial charge on any atom is 0.407 e. The van der Waals surface area contributed by atoms with Gasteiger partial charge >= 0.3 is 12.2 Å². The number of ether oxygens (including phenoxy) is 4. The number of alkyl carbamates (subject to hydrolysis) is 2. The lowest BCUT2D eigenvalue weighted by Crippen LogP contribution is -2.59. The molecule has 278 valence electrons. The molecule has 3 aliphatic rings. The number of fused-ring (bicyclic) bond motifs is 1. The summed E-state index contributed by atoms with van der Waals surface area (Å²) in [5, 5.41) is 19.0. The first kappa shape index (κ1) is 37.2. The van der Waals surface area contributed by atoms with Crippen molar-refractivity contribution in [3.05, 3.63) is 90.1 Å². The molecule has 3 aromatic rings. The molecule has 8 atom stereocenters. The second kappa shape index (κ2) is 16.4. The quantitative estimate of drug-likeness (QED) is 0.190. The number of aliphatic hydroxyl groups is 1. The molecule has 13 nitrogen and oxygen atoms in total. The molecule has 13 heteroatoms. The Bertz CT molecular complexity index is 1650. The van der Waals surface area contributed by atoms with E-state index in [4.69, 9.17) is 18.9 Å². The molecule has 1 aromatic heterocycles. The average Bonchev–Trinajstić information content (AvgIpc) is 3.67. The number of carbonyl (C=O) groups excluding carboxylic acids is 3. The highest BCUT2D eigenvalue weighted by molar-refractivity contribution is 5.86. The zero-order chi connectivity index (χ0) is 36.8. The van der Waals surface area contributed by atoms with E-state index in [-0.39, 0.29) is 43.2 Å². The van der Waals surface area contributed by atoms with Crippen LogP contribution in [0.3, 0.4) is 0 Å². The summed E-state index contributed by atoms with van der Waals surface area (Å²) in [4.78, 5) is 44.0. The summed E-state index contributed by atoms with van der Waals surface area (Å²) >= 11 is 0. The van der Waals surface area contributed by atoms with Gasteiger partial charge in [0.15, 0.2) is 6.29 Å². The molecule has 0 radical (unpaired) electrons. The van der Waals surface area contributed by atoms with Gasteiger partial charge in [0.2, 0.25) is 0 Å². The van der Waals surface area contributed by atoms with Gasteiger partial charge in [0.1, 0.15) is 12.1 Å². The molecule has 2 aromatic carbocycles. The number of amides is 3. The predicted molar refractivity (Wildman–Crippen MR) is 191 cm³/mol. The van der Waals surface area contributed by atoms with Crippen LogP contribution in [0, 0.1) is 23.2 Å². The molecule has 6 rings (SSSR count). The van der Waals surface area contributed by atoms with Crippen molar-refractivity contribution in [1.29, 1.82) is 0 Å². The minimum Gasteiger partial charge on any atom is -0.453 e. The van der Waals surface area contributed by atoms with Crippen molar-refractivity contribution < 1.29 is 38.4 Å². The number of benzene rings is 2. The average molecular weight is 716 g/mol. The summed E-state index contributed by atoms with van der Waals surface area (Å²) in [5.41, 5.74) is 5.76. The summed E-state index contributed by atoms with van der Waals surface area (Å²) in [6.07, 6.45) is -0.175. The number of hydrogen-bond acceptors (Lipinski definition) is 10. The fourth-order valence-electron chi connectivity index (χ4n) is 7.42. The van der Waals surface area contributed by atoms with Crippen LogP contribution in [-0.4, -0.2) is 90.6 Å². The Morgan fingerprint density at radius 1 is 0.923 bits per heavy atom. The molecule has 4 N–H and O–H groups in total. The fourth-order valence-corrected chi connectivity index (χ4v) is 7.42. The molecular formula is C39H49N5O8. The van der Waals surface area contributed by atoms with Gasteiger partial charge in [-0.05, 0) is 41.5 Å². The molecule has 2 saturated heterocycles. The minimum atomic E-state index is -1.16. The van der Waals surface area contributed by atoms with Gasteiger partial charge in [0.25, 0.3) is 5.91 Å². The molecule has 52 heavy (non-hydrogen) atoms. The molecule has 2 aliphatic heterocycles. The molecule has 5 unspecified atom stereocenters. The summed E-state index contributed by atoms with van der Waals surface area (Å²) in [6, 6.07) is 21.3. The zero-order valence-electron chi connectivity index (χ0n) is 30.1. The molecule has 3 amide bonds. The van der Waals surface area contributed by atoms with Crippen LogP contribution in [0.15, 0.2) is 79.0 Å². The van der Waals surface area contributed by atoms with E-state index in [1.807, 2.05) is 93.6 Å². The van der Waals surface area contributed by atoms with E-state index >= 15 is 0 Å². The Hall–Kier alpha value is -4.56. The molecule has 1 aliphatic carbocycles. The van der Waals surface area contributed by atoms with Crippen molar-refractivity contribution in [2.75, 3.05) is 26.9 Å². The number of aromatic nitrogens is 1. The summed E-state index contributed by atoms with van der Waals surface area (Å²) in [5.74, 6) is -0.107.